The predicted molar refractivity (Wildman–Crippen MR) is 117 cm³/mol. The van der Waals surface area contributed by atoms with Gasteiger partial charge in [0.25, 0.3) is 0 Å². The van der Waals surface area contributed by atoms with Crippen molar-refractivity contribution in [3.63, 3.8) is 0 Å². The monoisotopic (exact) mass is 389 g/mol. The molecule has 28 heavy (non-hydrogen) atoms. The molecule has 1 aliphatic rings. The zero-order valence-electron chi connectivity index (χ0n) is 16.0. The molecule has 1 aromatic heterocycles. The number of aryl methyl sites for hydroxylation is 1. The summed E-state index contributed by atoms with van der Waals surface area (Å²) in [5.41, 5.74) is 4.78. The van der Waals surface area contributed by atoms with Gasteiger partial charge in [0.05, 0.1) is 6.04 Å². The molecule has 1 atom stereocenters. The highest BCUT2D eigenvalue weighted by molar-refractivity contribution is 7.80. The van der Waals surface area contributed by atoms with E-state index in [0.717, 1.165) is 24.6 Å². The topological polar surface area (TPSA) is 53.1 Å². The number of nitrogens with zero attached hydrogens (tertiary/aromatic N) is 3. The van der Waals surface area contributed by atoms with Gasteiger partial charge < -0.3 is 15.5 Å². The summed E-state index contributed by atoms with van der Waals surface area (Å²) in [5, 5.41) is 6.95. The van der Waals surface area contributed by atoms with Crippen LogP contribution in [0.3, 0.4) is 0 Å². The number of aromatic nitrogens is 2. The van der Waals surface area contributed by atoms with Crippen molar-refractivity contribution < 1.29 is 0 Å². The minimum absolute atomic E-state index is 0.0959. The maximum Gasteiger partial charge on any atom is 0.231 e. The van der Waals surface area contributed by atoms with Crippen molar-refractivity contribution in [2.75, 3.05) is 10.2 Å². The summed E-state index contributed by atoms with van der Waals surface area (Å²) in [6.07, 6.45) is 0. The number of fused-ring (bicyclic) bond motifs is 1. The van der Waals surface area contributed by atoms with Crippen molar-refractivity contribution in [1.29, 1.82) is 0 Å². The van der Waals surface area contributed by atoms with Gasteiger partial charge in [-0.3, -0.25) is 0 Å². The summed E-state index contributed by atoms with van der Waals surface area (Å²) in [5.74, 6) is 1.42. The Morgan fingerprint density at radius 1 is 1.00 bits per heavy atom. The van der Waals surface area contributed by atoms with Crippen molar-refractivity contribution in [2.45, 2.75) is 33.0 Å². The van der Waals surface area contributed by atoms with Gasteiger partial charge in [-0.05, 0) is 42.8 Å². The molecule has 1 unspecified atom stereocenters. The van der Waals surface area contributed by atoms with Crippen LogP contribution in [0.2, 0.25) is 0 Å². The summed E-state index contributed by atoms with van der Waals surface area (Å²) in [6.45, 7) is 5.77. The summed E-state index contributed by atoms with van der Waals surface area (Å²) < 4.78 is 0. The number of hydrogen-bond donors (Lipinski definition) is 2. The van der Waals surface area contributed by atoms with Crippen LogP contribution in [0.4, 0.5) is 11.8 Å². The summed E-state index contributed by atoms with van der Waals surface area (Å²) >= 11 is 5.47. The first kappa shape index (κ1) is 18.4. The standard InChI is InChI=1S/C22H23N5S/c1-15-12-20(27-13-18-10-6-7-11-19(18)14-27)25-21(23-15)26-22(28)24-16(2)17-8-4-3-5-9-17/h3-12,16H,13-14H2,1-2H3,(H2,23,24,25,26,28). The first-order valence-electron chi connectivity index (χ1n) is 9.38. The lowest BCUT2D eigenvalue weighted by Gasteiger charge is -2.19. The predicted octanol–water partition coefficient (Wildman–Crippen LogP) is 4.35. The highest BCUT2D eigenvalue weighted by Crippen LogP contribution is 2.27. The molecule has 2 heterocycles. The molecule has 0 saturated heterocycles. The minimum atomic E-state index is 0.0959. The second-order valence-corrected chi connectivity index (χ2v) is 7.45. The molecular formula is C22H23N5S. The van der Waals surface area contributed by atoms with Crippen molar-refractivity contribution in [3.8, 4) is 0 Å². The Hall–Kier alpha value is -2.99. The summed E-state index contributed by atoms with van der Waals surface area (Å²) in [7, 11) is 0. The molecule has 6 heteroatoms. The van der Waals surface area contributed by atoms with Gasteiger partial charge in [-0.15, -0.1) is 0 Å². The first-order chi connectivity index (χ1) is 13.6. The SMILES string of the molecule is Cc1cc(N2Cc3ccccc3C2)nc(NC(=S)NC(C)c2ccccc2)n1. The molecule has 0 bridgehead atoms. The van der Waals surface area contributed by atoms with Crippen LogP contribution in [-0.2, 0) is 13.1 Å². The van der Waals surface area contributed by atoms with Crippen LogP contribution in [0.15, 0.2) is 60.7 Å². The fraction of sp³-hybridized carbons (Fsp3) is 0.227. The average Bonchev–Trinajstić information content (AvgIpc) is 3.12. The molecule has 142 valence electrons. The van der Waals surface area contributed by atoms with E-state index in [4.69, 9.17) is 17.2 Å². The summed E-state index contributed by atoms with van der Waals surface area (Å²) in [6, 6.07) is 20.8. The fourth-order valence-electron chi connectivity index (χ4n) is 3.42. The number of thiocarbonyl (C=S) groups is 1. The van der Waals surface area contributed by atoms with E-state index in [2.05, 4.69) is 63.8 Å². The lowest BCUT2D eigenvalue weighted by Crippen LogP contribution is -2.31. The van der Waals surface area contributed by atoms with Crippen LogP contribution in [0.25, 0.3) is 0 Å². The molecule has 0 radical (unpaired) electrons. The van der Waals surface area contributed by atoms with Gasteiger partial charge in [0.1, 0.15) is 5.82 Å². The molecule has 0 saturated carbocycles. The van der Waals surface area contributed by atoms with Crippen LogP contribution < -0.4 is 15.5 Å². The van der Waals surface area contributed by atoms with Gasteiger partial charge in [0.15, 0.2) is 5.11 Å². The molecule has 0 amide bonds. The quantitative estimate of drug-likeness (QED) is 0.647. The van der Waals surface area contributed by atoms with Crippen molar-refractivity contribution >= 4 is 29.1 Å². The number of rotatable bonds is 4. The van der Waals surface area contributed by atoms with E-state index in [1.54, 1.807) is 0 Å². The third-order valence-electron chi connectivity index (χ3n) is 4.88. The van der Waals surface area contributed by atoms with Gasteiger partial charge in [-0.25, -0.2) is 4.98 Å². The van der Waals surface area contributed by atoms with E-state index in [0.29, 0.717) is 11.1 Å². The van der Waals surface area contributed by atoms with Crippen molar-refractivity contribution in [1.82, 2.24) is 15.3 Å². The van der Waals surface area contributed by atoms with Crippen molar-refractivity contribution in [3.05, 3.63) is 83.0 Å². The highest BCUT2D eigenvalue weighted by atomic mass is 32.1. The van der Waals surface area contributed by atoms with Gasteiger partial charge in [-0.2, -0.15) is 4.98 Å². The lowest BCUT2D eigenvalue weighted by atomic mass is 10.1. The zero-order chi connectivity index (χ0) is 19.5. The van der Waals surface area contributed by atoms with E-state index in [-0.39, 0.29) is 6.04 Å². The van der Waals surface area contributed by atoms with Crippen LogP contribution in [0, 0.1) is 6.92 Å². The first-order valence-corrected chi connectivity index (χ1v) is 9.79. The number of anilines is 2. The maximum atomic E-state index is 5.47. The van der Waals surface area contributed by atoms with E-state index in [1.807, 2.05) is 31.2 Å². The average molecular weight is 390 g/mol. The van der Waals surface area contributed by atoms with Gasteiger partial charge in [0.2, 0.25) is 5.95 Å². The Bertz CT molecular complexity index is 964. The van der Waals surface area contributed by atoms with Crippen LogP contribution >= 0.6 is 12.2 Å². The molecule has 1 aliphatic heterocycles. The van der Waals surface area contributed by atoms with Gasteiger partial charge in [-0.1, -0.05) is 54.6 Å². The Kier molecular flexibility index (Phi) is 5.21. The molecule has 0 fully saturated rings. The zero-order valence-corrected chi connectivity index (χ0v) is 16.8. The largest absolute Gasteiger partial charge is 0.356 e. The second-order valence-electron chi connectivity index (χ2n) is 7.05. The third kappa shape index (κ3) is 4.12. The molecule has 5 nitrogen and oxygen atoms in total. The fourth-order valence-corrected chi connectivity index (χ4v) is 3.69. The van der Waals surface area contributed by atoms with Gasteiger partial charge >= 0.3 is 0 Å². The van der Waals surface area contributed by atoms with E-state index < -0.39 is 0 Å². The molecule has 3 aromatic rings. The molecule has 4 rings (SSSR count). The Morgan fingerprint density at radius 2 is 1.64 bits per heavy atom. The summed E-state index contributed by atoms with van der Waals surface area (Å²) in [4.78, 5) is 11.5. The van der Waals surface area contributed by atoms with E-state index >= 15 is 0 Å². The normalized spacial score (nSPS) is 13.7. The maximum absolute atomic E-state index is 5.47. The van der Waals surface area contributed by atoms with E-state index in [1.165, 1.54) is 16.7 Å². The van der Waals surface area contributed by atoms with Gasteiger partial charge in [0, 0.05) is 24.8 Å². The van der Waals surface area contributed by atoms with Crippen molar-refractivity contribution in [2.24, 2.45) is 0 Å². The van der Waals surface area contributed by atoms with E-state index in [9.17, 15) is 0 Å². The van der Waals surface area contributed by atoms with Crippen LogP contribution in [0.1, 0.15) is 35.3 Å². The Labute approximate surface area is 170 Å². The molecule has 2 aromatic carbocycles. The number of nitrogens with one attached hydrogen (secondary N) is 2. The number of hydrogen-bond acceptors (Lipinski definition) is 4. The lowest BCUT2D eigenvalue weighted by molar-refractivity contribution is 0.722. The molecule has 2 N–H and O–H groups in total. The number of benzene rings is 2. The molecule has 0 aliphatic carbocycles. The van der Waals surface area contributed by atoms with Crippen LogP contribution in [0.5, 0.6) is 0 Å². The minimum Gasteiger partial charge on any atom is -0.356 e. The Balaban J connectivity index is 1.45. The smallest absolute Gasteiger partial charge is 0.231 e. The molecule has 0 spiro atoms. The Morgan fingerprint density at radius 3 is 2.32 bits per heavy atom. The highest BCUT2D eigenvalue weighted by Gasteiger charge is 2.20. The third-order valence-corrected chi connectivity index (χ3v) is 5.10. The van der Waals surface area contributed by atoms with Crippen LogP contribution in [-0.4, -0.2) is 15.1 Å². The second kappa shape index (κ2) is 7.94. The molecular weight excluding hydrogens is 366 g/mol.